The summed E-state index contributed by atoms with van der Waals surface area (Å²) < 4.78 is 1.86. The fraction of sp³-hybridized carbons (Fsp3) is 0.222. The maximum absolute atomic E-state index is 13.0. The van der Waals surface area contributed by atoms with Crippen molar-refractivity contribution in [3.8, 4) is 22.5 Å². The number of carbonyl (C=O) groups excluding carboxylic acids is 1. The normalized spacial score (nSPS) is 11.0. The van der Waals surface area contributed by atoms with Crippen molar-refractivity contribution in [2.45, 2.75) is 39.2 Å². The first-order chi connectivity index (χ1) is 17.7. The van der Waals surface area contributed by atoms with E-state index >= 15 is 0 Å². The second-order valence-electron chi connectivity index (χ2n) is 8.53. The third-order valence-electron chi connectivity index (χ3n) is 6.01. The summed E-state index contributed by atoms with van der Waals surface area (Å²) in [6.07, 6.45) is 7.51. The van der Waals surface area contributed by atoms with Gasteiger partial charge in [-0.15, -0.1) is 10.2 Å². The number of aryl methyl sites for hydroxylation is 1. The maximum Gasteiger partial charge on any atom is 0.232 e. The summed E-state index contributed by atoms with van der Waals surface area (Å²) in [4.78, 5) is 21.8. The van der Waals surface area contributed by atoms with E-state index in [2.05, 4.69) is 66.9 Å². The van der Waals surface area contributed by atoms with Gasteiger partial charge in [-0.05, 0) is 39.6 Å². The number of pyridine rings is 1. The minimum atomic E-state index is -0.159. The predicted octanol–water partition coefficient (Wildman–Crippen LogP) is 4.53. The van der Waals surface area contributed by atoms with Gasteiger partial charge in [-0.1, -0.05) is 74.4 Å². The second kappa shape index (κ2) is 10.8. The lowest BCUT2D eigenvalue weighted by molar-refractivity contribution is 0.102. The fourth-order valence-corrected chi connectivity index (χ4v) is 4.10. The van der Waals surface area contributed by atoms with Gasteiger partial charge in [0.25, 0.3) is 0 Å². The number of nitrogens with zero attached hydrogens (tertiary/aromatic N) is 7. The molecular formula is C27H26N8O. The van der Waals surface area contributed by atoms with Crippen LogP contribution in [-0.2, 0) is 13.0 Å². The molecule has 0 atom stereocenters. The molecular weight excluding hydrogens is 452 g/mol. The molecule has 0 bridgehead atoms. The van der Waals surface area contributed by atoms with Gasteiger partial charge in [0.15, 0.2) is 5.82 Å². The van der Waals surface area contributed by atoms with E-state index in [1.54, 1.807) is 24.5 Å². The van der Waals surface area contributed by atoms with E-state index < -0.39 is 0 Å². The molecule has 0 saturated heterocycles. The monoisotopic (exact) mass is 478 g/mol. The van der Waals surface area contributed by atoms with Gasteiger partial charge in [-0.2, -0.15) is 0 Å². The van der Waals surface area contributed by atoms with Crippen LogP contribution in [0.15, 0.2) is 73.1 Å². The van der Waals surface area contributed by atoms with Crippen LogP contribution in [0.1, 0.15) is 53.8 Å². The number of nitrogens with one attached hydrogen (secondary N) is 1. The maximum atomic E-state index is 13.0. The van der Waals surface area contributed by atoms with Crippen molar-refractivity contribution in [3.63, 3.8) is 0 Å². The fourth-order valence-electron chi connectivity index (χ4n) is 4.10. The van der Waals surface area contributed by atoms with Crippen molar-refractivity contribution in [2.24, 2.45) is 0 Å². The van der Waals surface area contributed by atoms with Crippen molar-refractivity contribution < 1.29 is 4.79 Å². The molecule has 0 fully saturated rings. The van der Waals surface area contributed by atoms with E-state index in [-0.39, 0.29) is 11.6 Å². The highest BCUT2D eigenvalue weighted by molar-refractivity contribution is 6.06. The van der Waals surface area contributed by atoms with Crippen LogP contribution in [0, 0.1) is 0 Å². The molecule has 0 aliphatic carbocycles. The van der Waals surface area contributed by atoms with Crippen molar-refractivity contribution in [1.82, 2.24) is 40.4 Å². The van der Waals surface area contributed by atoms with Crippen molar-refractivity contribution in [2.75, 3.05) is 0 Å². The van der Waals surface area contributed by atoms with Gasteiger partial charge in [-0.25, -0.2) is 14.8 Å². The molecule has 1 N–H and O–H groups in total. The summed E-state index contributed by atoms with van der Waals surface area (Å²) in [5, 5.41) is 18.8. The average molecular weight is 479 g/mol. The van der Waals surface area contributed by atoms with E-state index in [0.29, 0.717) is 17.9 Å². The number of carbonyl (C=O) groups is 1. The molecule has 5 rings (SSSR count). The average Bonchev–Trinajstić information content (AvgIpc) is 3.60. The van der Waals surface area contributed by atoms with Gasteiger partial charge in [-0.3, -0.25) is 9.78 Å². The van der Waals surface area contributed by atoms with Crippen molar-refractivity contribution >= 4 is 5.78 Å². The molecule has 0 saturated carbocycles. The SMILES string of the molecule is CCCCCc1nc(C(=O)c2ccccc2)nn1Cc1ccc(-c2ccncc2-c2nnn[nH]2)cc1. The lowest BCUT2D eigenvalue weighted by Crippen LogP contribution is -2.08. The Balaban J connectivity index is 1.40. The van der Waals surface area contributed by atoms with Gasteiger partial charge >= 0.3 is 0 Å². The van der Waals surface area contributed by atoms with Gasteiger partial charge in [0.2, 0.25) is 11.6 Å². The topological polar surface area (TPSA) is 115 Å². The zero-order chi connectivity index (χ0) is 24.7. The van der Waals surface area contributed by atoms with Crippen LogP contribution in [0.4, 0.5) is 0 Å². The number of ketones is 1. The van der Waals surface area contributed by atoms with Crippen molar-refractivity contribution in [3.05, 3.63) is 95.8 Å². The van der Waals surface area contributed by atoms with Crippen LogP contribution < -0.4 is 0 Å². The van der Waals surface area contributed by atoms with E-state index in [1.165, 1.54) is 0 Å². The third-order valence-corrected chi connectivity index (χ3v) is 6.01. The van der Waals surface area contributed by atoms with Gasteiger partial charge < -0.3 is 0 Å². The molecule has 3 heterocycles. The number of hydrogen-bond donors (Lipinski definition) is 1. The highest BCUT2D eigenvalue weighted by atomic mass is 16.1. The molecule has 9 nitrogen and oxygen atoms in total. The zero-order valence-corrected chi connectivity index (χ0v) is 20.0. The predicted molar refractivity (Wildman–Crippen MR) is 135 cm³/mol. The van der Waals surface area contributed by atoms with Crippen molar-refractivity contribution in [1.29, 1.82) is 0 Å². The molecule has 0 aliphatic heterocycles. The Kier molecular flexibility index (Phi) is 6.98. The van der Waals surface area contributed by atoms with Crippen LogP contribution in [0.5, 0.6) is 0 Å². The number of H-pyrrole nitrogens is 1. The van der Waals surface area contributed by atoms with Crippen LogP contribution in [0.3, 0.4) is 0 Å². The minimum Gasteiger partial charge on any atom is -0.285 e. The number of unbranched alkanes of at least 4 members (excludes halogenated alkanes) is 2. The Hall–Kier alpha value is -4.53. The van der Waals surface area contributed by atoms with E-state index in [4.69, 9.17) is 0 Å². The molecule has 9 heteroatoms. The zero-order valence-electron chi connectivity index (χ0n) is 20.0. The third kappa shape index (κ3) is 5.10. The molecule has 0 amide bonds. The second-order valence-corrected chi connectivity index (χ2v) is 8.53. The summed E-state index contributed by atoms with van der Waals surface area (Å²) in [5.41, 5.74) is 4.49. The Morgan fingerprint density at radius 3 is 2.56 bits per heavy atom. The Morgan fingerprint density at radius 1 is 0.972 bits per heavy atom. The number of benzene rings is 2. The molecule has 3 aromatic heterocycles. The summed E-state index contributed by atoms with van der Waals surface area (Å²) in [6, 6.07) is 19.4. The standard InChI is InChI=1S/C27H26N8O/c1-2-3-5-10-24-29-27(25(36)21-8-6-4-7-9-21)32-35(24)18-19-11-13-20(14-12-19)22-15-16-28-17-23(22)26-30-33-34-31-26/h4,6-9,11-17H,2-3,5,10,18H2,1H3,(H,30,31,33,34). The molecule has 2 aromatic carbocycles. The molecule has 0 spiro atoms. The molecule has 180 valence electrons. The first-order valence-corrected chi connectivity index (χ1v) is 12.0. The number of rotatable bonds is 10. The first kappa shape index (κ1) is 23.2. The largest absolute Gasteiger partial charge is 0.285 e. The number of tetrazole rings is 1. The molecule has 5 aromatic rings. The Bertz CT molecular complexity index is 1430. The van der Waals surface area contributed by atoms with E-state index in [1.807, 2.05) is 28.9 Å². The number of aromatic nitrogens is 8. The highest BCUT2D eigenvalue weighted by Crippen LogP contribution is 2.29. The summed E-state index contributed by atoms with van der Waals surface area (Å²) in [7, 11) is 0. The van der Waals surface area contributed by atoms with Crippen LogP contribution in [-0.4, -0.2) is 46.2 Å². The molecule has 36 heavy (non-hydrogen) atoms. The minimum absolute atomic E-state index is 0.159. The molecule has 0 unspecified atom stereocenters. The quantitative estimate of drug-likeness (QED) is 0.232. The summed E-state index contributed by atoms with van der Waals surface area (Å²) in [6.45, 7) is 2.70. The Morgan fingerprint density at radius 2 is 1.81 bits per heavy atom. The number of hydrogen-bond acceptors (Lipinski definition) is 7. The lowest BCUT2D eigenvalue weighted by Gasteiger charge is -2.09. The smallest absolute Gasteiger partial charge is 0.232 e. The first-order valence-electron chi connectivity index (χ1n) is 12.0. The summed E-state index contributed by atoms with van der Waals surface area (Å²) in [5.74, 6) is 1.48. The lowest BCUT2D eigenvalue weighted by atomic mass is 10.00. The number of aromatic amines is 1. The summed E-state index contributed by atoms with van der Waals surface area (Å²) >= 11 is 0. The van der Waals surface area contributed by atoms with Crippen LogP contribution in [0.25, 0.3) is 22.5 Å². The van der Waals surface area contributed by atoms with Gasteiger partial charge in [0.05, 0.1) is 6.54 Å². The molecule has 0 radical (unpaired) electrons. The van der Waals surface area contributed by atoms with Crippen LogP contribution >= 0.6 is 0 Å². The van der Waals surface area contributed by atoms with E-state index in [9.17, 15) is 4.79 Å². The van der Waals surface area contributed by atoms with E-state index in [0.717, 1.165) is 53.8 Å². The Labute approximate surface area is 208 Å². The molecule has 0 aliphatic rings. The van der Waals surface area contributed by atoms with Crippen LogP contribution in [0.2, 0.25) is 0 Å². The van der Waals surface area contributed by atoms with Gasteiger partial charge in [0.1, 0.15) is 5.82 Å². The highest BCUT2D eigenvalue weighted by Gasteiger charge is 2.18. The van der Waals surface area contributed by atoms with Gasteiger partial charge in [0, 0.05) is 29.9 Å².